The van der Waals surface area contributed by atoms with Crippen molar-refractivity contribution >= 4 is 52.8 Å². The molecule has 4 aromatic rings. The quantitative estimate of drug-likeness (QED) is 0.159. The maximum Gasteiger partial charge on any atom is 0.272 e. The molecule has 1 aliphatic heterocycles. The summed E-state index contributed by atoms with van der Waals surface area (Å²) in [5, 5.41) is 5.07. The van der Waals surface area contributed by atoms with Gasteiger partial charge in [0.05, 0.1) is 10.9 Å². The number of carbonyl (C=O) groups excluding carboxylic acids is 4. The number of anilines is 2. The van der Waals surface area contributed by atoms with Crippen molar-refractivity contribution in [2.75, 3.05) is 10.2 Å². The van der Waals surface area contributed by atoms with Gasteiger partial charge >= 0.3 is 0 Å². The van der Waals surface area contributed by atoms with E-state index in [9.17, 15) is 19.2 Å². The topological polar surface area (TPSA) is 95.6 Å². The molecule has 5 rings (SSSR count). The van der Waals surface area contributed by atoms with E-state index < -0.39 is 17.1 Å². The van der Waals surface area contributed by atoms with Crippen molar-refractivity contribution in [3.8, 4) is 0 Å². The summed E-state index contributed by atoms with van der Waals surface area (Å²) in [4.78, 5) is 54.3. The Balaban J connectivity index is 1.27. The van der Waals surface area contributed by atoms with Gasteiger partial charge in [-0.15, -0.1) is 11.8 Å². The van der Waals surface area contributed by atoms with E-state index in [1.54, 1.807) is 54.6 Å². The number of aryl methyl sites for hydroxylation is 1. The van der Waals surface area contributed by atoms with Crippen LogP contribution in [0.15, 0.2) is 114 Å². The Morgan fingerprint density at radius 3 is 2.18 bits per heavy atom. The van der Waals surface area contributed by atoms with Crippen LogP contribution in [0.5, 0.6) is 0 Å². The smallest absolute Gasteiger partial charge is 0.272 e. The fourth-order valence-electron chi connectivity index (χ4n) is 4.80. The molecule has 1 atom stereocenters. The van der Waals surface area contributed by atoms with E-state index in [1.807, 2.05) is 61.5 Å². The standard InChI is InChI=1S/C36H33N3O4S/c1-23(2)25-13-17-29(18-14-25)39-33(40)22-32(36(39)43)44-30-19-15-28(16-20-30)37-35(42)31(21-27-12-8-7-9-24(27)3)38-34(41)26-10-5-4-6-11-26/h4-21,23,32H,22H2,1-3H3,(H,37,42)(H,38,41)/b31-21-. The lowest BCUT2D eigenvalue weighted by atomic mass is 10.0. The first-order valence-corrected chi connectivity index (χ1v) is 15.3. The molecule has 0 saturated carbocycles. The Morgan fingerprint density at radius 1 is 0.864 bits per heavy atom. The molecule has 7 nitrogen and oxygen atoms in total. The zero-order chi connectivity index (χ0) is 31.2. The van der Waals surface area contributed by atoms with Crippen molar-refractivity contribution < 1.29 is 19.2 Å². The van der Waals surface area contributed by atoms with Gasteiger partial charge in [-0.25, -0.2) is 4.90 Å². The predicted molar refractivity (Wildman–Crippen MR) is 175 cm³/mol. The third-order valence-corrected chi connectivity index (χ3v) is 8.53. The minimum Gasteiger partial charge on any atom is -0.321 e. The largest absolute Gasteiger partial charge is 0.321 e. The van der Waals surface area contributed by atoms with E-state index in [-0.39, 0.29) is 23.9 Å². The highest BCUT2D eigenvalue weighted by Gasteiger charge is 2.40. The van der Waals surface area contributed by atoms with Crippen molar-refractivity contribution in [3.05, 3.63) is 131 Å². The molecule has 0 spiro atoms. The molecule has 44 heavy (non-hydrogen) atoms. The van der Waals surface area contributed by atoms with Crippen LogP contribution in [0.25, 0.3) is 6.08 Å². The first kappa shape index (κ1) is 30.5. The molecule has 2 N–H and O–H groups in total. The van der Waals surface area contributed by atoms with Gasteiger partial charge in [0.1, 0.15) is 5.70 Å². The lowest BCUT2D eigenvalue weighted by Gasteiger charge is -2.16. The average Bonchev–Trinajstić information content (AvgIpc) is 3.30. The molecule has 4 amide bonds. The third kappa shape index (κ3) is 7.15. The second-order valence-electron chi connectivity index (χ2n) is 10.8. The second-order valence-corrected chi connectivity index (χ2v) is 12.1. The van der Waals surface area contributed by atoms with Gasteiger partial charge in [0.2, 0.25) is 11.8 Å². The fourth-order valence-corrected chi connectivity index (χ4v) is 5.86. The molecule has 0 radical (unpaired) electrons. The molecule has 1 saturated heterocycles. The normalized spacial score (nSPS) is 15.0. The molecule has 1 fully saturated rings. The number of amides is 4. The zero-order valence-corrected chi connectivity index (χ0v) is 25.6. The van der Waals surface area contributed by atoms with Crippen LogP contribution in [0.4, 0.5) is 11.4 Å². The number of carbonyl (C=O) groups is 4. The number of thioether (sulfide) groups is 1. The Morgan fingerprint density at radius 2 is 1.52 bits per heavy atom. The van der Waals surface area contributed by atoms with Crippen molar-refractivity contribution in [3.63, 3.8) is 0 Å². The van der Waals surface area contributed by atoms with Crippen molar-refractivity contribution in [1.29, 1.82) is 0 Å². The highest BCUT2D eigenvalue weighted by atomic mass is 32.2. The van der Waals surface area contributed by atoms with Crippen LogP contribution in [-0.4, -0.2) is 28.9 Å². The molecular weight excluding hydrogens is 570 g/mol. The summed E-state index contributed by atoms with van der Waals surface area (Å²) in [5.74, 6) is -0.982. The Kier molecular flexibility index (Phi) is 9.41. The molecule has 0 aromatic heterocycles. The zero-order valence-electron chi connectivity index (χ0n) is 24.7. The van der Waals surface area contributed by atoms with Gasteiger partial charge in [-0.1, -0.05) is 68.4 Å². The van der Waals surface area contributed by atoms with Gasteiger partial charge in [-0.05, 0) is 84.1 Å². The lowest BCUT2D eigenvalue weighted by molar-refractivity contribution is -0.121. The summed E-state index contributed by atoms with van der Waals surface area (Å²) in [7, 11) is 0. The third-order valence-electron chi connectivity index (χ3n) is 7.33. The van der Waals surface area contributed by atoms with Gasteiger partial charge in [0, 0.05) is 22.6 Å². The number of benzene rings is 4. The molecule has 222 valence electrons. The Labute approximate surface area is 261 Å². The summed E-state index contributed by atoms with van der Waals surface area (Å²) in [5.41, 5.74) is 4.54. The number of imide groups is 1. The fraction of sp³-hybridized carbons (Fsp3) is 0.167. The highest BCUT2D eigenvalue weighted by molar-refractivity contribution is 8.00. The minimum atomic E-state index is -0.537. The molecule has 1 unspecified atom stereocenters. The highest BCUT2D eigenvalue weighted by Crippen LogP contribution is 2.35. The van der Waals surface area contributed by atoms with Crippen LogP contribution in [-0.2, 0) is 14.4 Å². The summed E-state index contributed by atoms with van der Waals surface area (Å²) in [6.07, 6.45) is 1.77. The van der Waals surface area contributed by atoms with Crippen LogP contribution in [0.3, 0.4) is 0 Å². The maximum absolute atomic E-state index is 13.4. The molecule has 4 aromatic carbocycles. The number of hydrogen-bond donors (Lipinski definition) is 2. The van der Waals surface area contributed by atoms with Crippen LogP contribution in [0.2, 0.25) is 0 Å². The average molecular weight is 604 g/mol. The van der Waals surface area contributed by atoms with Crippen molar-refractivity contribution in [2.45, 2.75) is 43.3 Å². The van der Waals surface area contributed by atoms with Crippen LogP contribution >= 0.6 is 11.8 Å². The number of rotatable bonds is 9. The summed E-state index contributed by atoms with van der Waals surface area (Å²) < 4.78 is 0. The van der Waals surface area contributed by atoms with E-state index >= 15 is 0 Å². The van der Waals surface area contributed by atoms with E-state index in [2.05, 4.69) is 24.5 Å². The number of nitrogens with one attached hydrogen (secondary N) is 2. The molecular formula is C36H33N3O4S. The van der Waals surface area contributed by atoms with Crippen LogP contribution in [0.1, 0.15) is 53.2 Å². The van der Waals surface area contributed by atoms with Gasteiger partial charge in [0.25, 0.3) is 11.8 Å². The van der Waals surface area contributed by atoms with E-state index in [4.69, 9.17) is 0 Å². The minimum absolute atomic E-state index is 0.100. The maximum atomic E-state index is 13.4. The predicted octanol–water partition coefficient (Wildman–Crippen LogP) is 6.95. The van der Waals surface area contributed by atoms with Crippen molar-refractivity contribution in [2.24, 2.45) is 0 Å². The van der Waals surface area contributed by atoms with E-state index in [0.717, 1.165) is 21.6 Å². The van der Waals surface area contributed by atoms with Crippen LogP contribution < -0.4 is 15.5 Å². The molecule has 0 aliphatic carbocycles. The van der Waals surface area contributed by atoms with E-state index in [0.29, 0.717) is 22.9 Å². The monoisotopic (exact) mass is 603 g/mol. The van der Waals surface area contributed by atoms with Gasteiger partial charge in [-0.2, -0.15) is 0 Å². The molecule has 8 heteroatoms. The van der Waals surface area contributed by atoms with Gasteiger partial charge in [-0.3, -0.25) is 19.2 Å². The number of hydrogen-bond acceptors (Lipinski definition) is 5. The SMILES string of the molecule is Cc1ccccc1/C=C(\NC(=O)c1ccccc1)C(=O)Nc1ccc(SC2CC(=O)N(c3ccc(C(C)C)cc3)C2=O)cc1. The van der Waals surface area contributed by atoms with Crippen LogP contribution in [0, 0.1) is 6.92 Å². The molecule has 0 bridgehead atoms. The van der Waals surface area contributed by atoms with Gasteiger partial charge < -0.3 is 10.6 Å². The number of nitrogens with zero attached hydrogens (tertiary/aromatic N) is 1. The lowest BCUT2D eigenvalue weighted by Crippen LogP contribution is -2.31. The van der Waals surface area contributed by atoms with E-state index in [1.165, 1.54) is 16.7 Å². The summed E-state index contributed by atoms with van der Waals surface area (Å²) in [6, 6.07) is 30.9. The first-order valence-electron chi connectivity index (χ1n) is 14.4. The van der Waals surface area contributed by atoms with Crippen molar-refractivity contribution in [1.82, 2.24) is 5.32 Å². The second kappa shape index (κ2) is 13.6. The van der Waals surface area contributed by atoms with Gasteiger partial charge in [0.15, 0.2) is 0 Å². The summed E-state index contributed by atoms with van der Waals surface area (Å²) in [6.45, 7) is 6.12. The summed E-state index contributed by atoms with van der Waals surface area (Å²) >= 11 is 1.32. The molecule has 1 heterocycles. The first-order chi connectivity index (χ1) is 21.2. The molecule has 1 aliphatic rings. The Bertz CT molecular complexity index is 1710. The Hall–Kier alpha value is -4.95.